The quantitative estimate of drug-likeness (QED) is 0.287. The van der Waals surface area contributed by atoms with Crippen molar-refractivity contribution in [3.8, 4) is 17.6 Å². The van der Waals surface area contributed by atoms with Gasteiger partial charge >= 0.3 is 6.18 Å². The van der Waals surface area contributed by atoms with Gasteiger partial charge in [0.1, 0.15) is 12.3 Å². The monoisotopic (exact) mass is 571 g/mol. The number of benzene rings is 2. The topological polar surface area (TPSA) is 90.8 Å². The van der Waals surface area contributed by atoms with Crippen molar-refractivity contribution in [2.75, 3.05) is 51.0 Å². The van der Waals surface area contributed by atoms with Crippen molar-refractivity contribution >= 4 is 28.2 Å². The number of anilines is 2. The molecule has 2 heterocycles. The zero-order chi connectivity index (χ0) is 29.6. The van der Waals surface area contributed by atoms with Crippen LogP contribution >= 0.6 is 0 Å². The SMILES string of the molecule is CNC(=O)c1ccc(NCC#Cc2cc3c(NC4CCN(CC(C)O)CC4)cccc3n2CC(F)(F)F)c(OC)c1. The Balaban J connectivity index is 1.54. The second-order valence-corrected chi connectivity index (χ2v) is 10.2. The van der Waals surface area contributed by atoms with Crippen LogP contribution < -0.4 is 20.7 Å². The van der Waals surface area contributed by atoms with E-state index in [9.17, 15) is 23.1 Å². The molecule has 2 aromatic carbocycles. The lowest BCUT2D eigenvalue weighted by molar-refractivity contribution is -0.140. The lowest BCUT2D eigenvalue weighted by Gasteiger charge is -2.33. The summed E-state index contributed by atoms with van der Waals surface area (Å²) >= 11 is 0. The highest BCUT2D eigenvalue weighted by Gasteiger charge is 2.30. The van der Waals surface area contributed by atoms with Crippen LogP contribution in [0.3, 0.4) is 0 Å². The zero-order valence-corrected chi connectivity index (χ0v) is 23.4. The number of alkyl halides is 3. The van der Waals surface area contributed by atoms with Crippen LogP contribution in [-0.4, -0.2) is 79.1 Å². The van der Waals surface area contributed by atoms with Crippen molar-refractivity contribution in [1.82, 2.24) is 14.8 Å². The number of likely N-dealkylation sites (tertiary alicyclic amines) is 1. The smallest absolute Gasteiger partial charge is 0.406 e. The Morgan fingerprint density at radius 2 is 1.93 bits per heavy atom. The molecule has 8 nitrogen and oxygen atoms in total. The highest BCUT2D eigenvalue weighted by atomic mass is 19.4. The molecule has 1 aliphatic rings. The third-order valence-corrected chi connectivity index (χ3v) is 7.03. The van der Waals surface area contributed by atoms with Crippen LogP contribution in [0.5, 0.6) is 5.75 Å². The molecule has 3 aromatic rings. The normalized spacial score (nSPS) is 15.2. The van der Waals surface area contributed by atoms with Crippen LogP contribution in [0, 0.1) is 11.8 Å². The Bertz CT molecular complexity index is 1420. The van der Waals surface area contributed by atoms with Gasteiger partial charge in [0.25, 0.3) is 5.91 Å². The van der Waals surface area contributed by atoms with Gasteiger partial charge in [-0.25, -0.2) is 0 Å². The van der Waals surface area contributed by atoms with E-state index >= 15 is 0 Å². The molecule has 4 rings (SSSR count). The molecule has 1 fully saturated rings. The van der Waals surface area contributed by atoms with Crippen molar-refractivity contribution < 1.29 is 27.8 Å². The second-order valence-electron chi connectivity index (χ2n) is 10.2. The van der Waals surface area contributed by atoms with Gasteiger partial charge in [-0.1, -0.05) is 12.0 Å². The number of nitrogens with one attached hydrogen (secondary N) is 3. The fourth-order valence-electron chi connectivity index (χ4n) is 5.11. The maximum Gasteiger partial charge on any atom is 0.406 e. The summed E-state index contributed by atoms with van der Waals surface area (Å²) in [6.45, 7) is 3.10. The highest BCUT2D eigenvalue weighted by Crippen LogP contribution is 2.31. The van der Waals surface area contributed by atoms with Crippen molar-refractivity contribution in [3.05, 3.63) is 53.7 Å². The molecule has 1 unspecified atom stereocenters. The Hall–Kier alpha value is -3.88. The average Bonchev–Trinajstić information content (AvgIpc) is 3.28. The number of halogens is 3. The minimum absolute atomic E-state index is 0.152. The molecule has 0 aliphatic carbocycles. The van der Waals surface area contributed by atoms with E-state index in [1.54, 1.807) is 43.3 Å². The zero-order valence-electron chi connectivity index (χ0n) is 23.4. The number of methoxy groups -OCH3 is 1. The number of rotatable bonds is 9. The average molecular weight is 572 g/mol. The van der Waals surface area contributed by atoms with Crippen molar-refractivity contribution in [2.45, 2.75) is 44.6 Å². The van der Waals surface area contributed by atoms with Crippen LogP contribution in [0.25, 0.3) is 10.9 Å². The summed E-state index contributed by atoms with van der Waals surface area (Å²) in [4.78, 5) is 14.1. The fraction of sp³-hybridized carbons (Fsp3) is 0.433. The molecule has 1 aliphatic heterocycles. The van der Waals surface area contributed by atoms with Crippen LogP contribution in [0.2, 0.25) is 0 Å². The molecular formula is C30H36F3N5O3. The van der Waals surface area contributed by atoms with E-state index in [4.69, 9.17) is 4.74 Å². The van der Waals surface area contributed by atoms with E-state index in [1.165, 1.54) is 18.7 Å². The molecule has 1 amide bonds. The summed E-state index contributed by atoms with van der Waals surface area (Å²) < 4.78 is 47.3. The largest absolute Gasteiger partial charge is 0.495 e. The number of aliphatic hydroxyl groups excluding tert-OH is 1. The van der Waals surface area contributed by atoms with Gasteiger partial charge in [-0.2, -0.15) is 13.2 Å². The number of amides is 1. The molecule has 1 aromatic heterocycles. The number of hydrogen-bond donors (Lipinski definition) is 4. The molecule has 0 radical (unpaired) electrons. The summed E-state index contributed by atoms with van der Waals surface area (Å²) in [7, 11) is 3.03. The van der Waals surface area contributed by atoms with Gasteiger partial charge in [0, 0.05) is 49.4 Å². The van der Waals surface area contributed by atoms with Crippen LogP contribution in [-0.2, 0) is 6.54 Å². The summed E-state index contributed by atoms with van der Waals surface area (Å²) in [5.41, 5.74) is 2.55. The summed E-state index contributed by atoms with van der Waals surface area (Å²) in [6.07, 6.45) is -3.05. The van der Waals surface area contributed by atoms with Gasteiger partial charge in [0.2, 0.25) is 0 Å². The van der Waals surface area contributed by atoms with Gasteiger partial charge in [-0.15, -0.1) is 0 Å². The van der Waals surface area contributed by atoms with Gasteiger partial charge < -0.3 is 35.3 Å². The molecule has 220 valence electrons. The number of β-amino-alcohol motifs (C(OH)–C–C–N with tert-alkyl or cyclic N) is 1. The van der Waals surface area contributed by atoms with Crippen molar-refractivity contribution in [2.24, 2.45) is 0 Å². The minimum Gasteiger partial charge on any atom is -0.495 e. The number of fused-ring (bicyclic) bond motifs is 1. The van der Waals surface area contributed by atoms with E-state index in [1.807, 2.05) is 6.07 Å². The Morgan fingerprint density at radius 3 is 2.59 bits per heavy atom. The number of aliphatic hydroxyl groups is 1. The standard InChI is InChI=1S/C30H36F3N5O3/c1-20(39)18-37-14-11-22(12-15-37)36-25-7-4-8-27-24(25)17-23(38(27)19-30(31,32)33)6-5-13-35-26-10-9-21(29(40)34-2)16-28(26)41-3/h4,7-10,16-17,20,22,35-36,39H,11-15,18-19H2,1-3H3,(H,34,40). The van der Waals surface area contributed by atoms with E-state index in [-0.39, 0.29) is 30.3 Å². The first-order valence-corrected chi connectivity index (χ1v) is 13.6. The van der Waals surface area contributed by atoms with Gasteiger partial charge in [-0.05, 0) is 62.1 Å². The van der Waals surface area contributed by atoms with Gasteiger partial charge in [0.15, 0.2) is 0 Å². The molecule has 0 spiro atoms. The number of ether oxygens (including phenoxy) is 1. The third-order valence-electron chi connectivity index (χ3n) is 7.03. The number of carbonyl (C=O) groups excluding carboxylic acids is 1. The van der Waals surface area contributed by atoms with E-state index < -0.39 is 12.7 Å². The molecule has 1 saturated heterocycles. The number of carbonyl (C=O) groups is 1. The Kier molecular flexibility index (Phi) is 9.68. The first kappa shape index (κ1) is 30.1. The van der Waals surface area contributed by atoms with Crippen LogP contribution in [0.15, 0.2) is 42.5 Å². The van der Waals surface area contributed by atoms with E-state index in [0.717, 1.165) is 31.6 Å². The number of hydrogen-bond acceptors (Lipinski definition) is 6. The number of piperidine rings is 1. The fourth-order valence-corrected chi connectivity index (χ4v) is 5.11. The van der Waals surface area contributed by atoms with Crippen molar-refractivity contribution in [1.29, 1.82) is 0 Å². The number of nitrogens with zero attached hydrogens (tertiary/aromatic N) is 2. The maximum absolute atomic E-state index is 13.6. The molecule has 1 atom stereocenters. The Labute approximate surface area is 237 Å². The van der Waals surface area contributed by atoms with Crippen LogP contribution in [0.1, 0.15) is 35.8 Å². The van der Waals surface area contributed by atoms with Crippen molar-refractivity contribution in [3.63, 3.8) is 0 Å². The molecular weight excluding hydrogens is 535 g/mol. The number of aromatic nitrogens is 1. The third kappa shape index (κ3) is 7.86. The second kappa shape index (κ2) is 13.2. The first-order valence-electron chi connectivity index (χ1n) is 13.6. The summed E-state index contributed by atoms with van der Waals surface area (Å²) in [5.74, 6) is 6.04. The molecule has 0 saturated carbocycles. The predicted molar refractivity (Wildman–Crippen MR) is 155 cm³/mol. The predicted octanol–water partition coefficient (Wildman–Crippen LogP) is 4.29. The van der Waals surface area contributed by atoms with Crippen LogP contribution in [0.4, 0.5) is 24.5 Å². The molecule has 11 heteroatoms. The van der Waals surface area contributed by atoms with Gasteiger partial charge in [-0.3, -0.25) is 4.79 Å². The first-order chi connectivity index (χ1) is 19.6. The minimum atomic E-state index is -4.42. The Morgan fingerprint density at radius 1 is 1.17 bits per heavy atom. The molecule has 0 bridgehead atoms. The lowest BCUT2D eigenvalue weighted by atomic mass is 10.0. The molecule has 4 N–H and O–H groups in total. The summed E-state index contributed by atoms with van der Waals surface area (Å²) in [5, 5.41) is 19.5. The maximum atomic E-state index is 13.6. The van der Waals surface area contributed by atoms with E-state index in [2.05, 4.69) is 32.7 Å². The lowest BCUT2D eigenvalue weighted by Crippen LogP contribution is -2.41. The summed E-state index contributed by atoms with van der Waals surface area (Å²) in [6, 6.07) is 12.1. The highest BCUT2D eigenvalue weighted by molar-refractivity contribution is 5.95. The van der Waals surface area contributed by atoms with Gasteiger partial charge in [0.05, 0.1) is 36.7 Å². The molecule has 41 heavy (non-hydrogen) atoms. The van der Waals surface area contributed by atoms with E-state index in [0.29, 0.717) is 34.4 Å².